The summed E-state index contributed by atoms with van der Waals surface area (Å²) in [5.41, 5.74) is 5.94. The predicted molar refractivity (Wildman–Crippen MR) is 91.7 cm³/mol. The lowest BCUT2D eigenvalue weighted by atomic mass is 10.1. The Balaban J connectivity index is 1.83. The van der Waals surface area contributed by atoms with Gasteiger partial charge in [-0.25, -0.2) is 0 Å². The van der Waals surface area contributed by atoms with Gasteiger partial charge in [-0.3, -0.25) is 4.98 Å². The molecule has 2 heterocycles. The minimum Gasteiger partial charge on any atom is -0.313 e. The first kappa shape index (κ1) is 13.4. The number of hydrogen-bond donors (Lipinski definition) is 0. The molecule has 0 aliphatic carbocycles. The molecule has 0 saturated carbocycles. The van der Waals surface area contributed by atoms with Gasteiger partial charge >= 0.3 is 0 Å². The molecular formula is C19H15ClN2. The molecule has 0 saturated heterocycles. The zero-order valence-corrected chi connectivity index (χ0v) is 13.0. The van der Waals surface area contributed by atoms with Crippen LogP contribution in [0.3, 0.4) is 0 Å². The molecule has 0 atom stereocenters. The van der Waals surface area contributed by atoms with Crippen LogP contribution in [-0.2, 0) is 6.42 Å². The lowest BCUT2D eigenvalue weighted by molar-refractivity contribution is 1.02. The fourth-order valence-electron chi connectivity index (χ4n) is 2.98. The maximum atomic E-state index is 5.94. The first-order chi connectivity index (χ1) is 10.7. The van der Waals surface area contributed by atoms with Crippen molar-refractivity contribution in [1.82, 2.24) is 9.38 Å². The molecule has 2 nitrogen and oxygen atoms in total. The van der Waals surface area contributed by atoms with E-state index in [9.17, 15) is 0 Å². The summed E-state index contributed by atoms with van der Waals surface area (Å²) in [6.45, 7) is 2.15. The van der Waals surface area contributed by atoms with Gasteiger partial charge in [-0.05, 0) is 36.2 Å². The Hall–Kier alpha value is -2.32. The highest BCUT2D eigenvalue weighted by molar-refractivity contribution is 6.30. The highest BCUT2D eigenvalue weighted by Gasteiger charge is 2.09. The molecule has 0 unspecified atom stereocenters. The van der Waals surface area contributed by atoms with Crippen molar-refractivity contribution < 1.29 is 0 Å². The Kier molecular flexibility index (Phi) is 3.12. The summed E-state index contributed by atoms with van der Waals surface area (Å²) < 4.78 is 2.24. The maximum Gasteiger partial charge on any atom is 0.0675 e. The summed E-state index contributed by atoms with van der Waals surface area (Å²) in [6, 6.07) is 16.4. The second-order valence-electron chi connectivity index (χ2n) is 5.58. The standard InChI is InChI=1S/C19H15ClN2/c1-13-17-4-2-3-5-18(17)22-12-16(21-11-19(13)22)10-14-6-8-15(20)9-7-14/h2-9,11-12H,10H2,1H3. The number of rotatable bonds is 2. The van der Waals surface area contributed by atoms with Crippen LogP contribution in [0.15, 0.2) is 60.9 Å². The molecular weight excluding hydrogens is 292 g/mol. The molecule has 4 aromatic rings. The van der Waals surface area contributed by atoms with Crippen LogP contribution in [-0.4, -0.2) is 9.38 Å². The van der Waals surface area contributed by atoms with Crippen LogP contribution in [0.5, 0.6) is 0 Å². The molecule has 0 aliphatic rings. The second-order valence-corrected chi connectivity index (χ2v) is 6.02. The Bertz CT molecular complexity index is 968. The van der Waals surface area contributed by atoms with Crippen LogP contribution >= 0.6 is 11.6 Å². The fraction of sp³-hybridized carbons (Fsp3) is 0.105. The molecule has 4 rings (SSSR count). The number of hydrogen-bond acceptors (Lipinski definition) is 1. The monoisotopic (exact) mass is 306 g/mol. The van der Waals surface area contributed by atoms with E-state index in [1.165, 1.54) is 27.5 Å². The molecule has 108 valence electrons. The Morgan fingerprint density at radius 2 is 1.77 bits per heavy atom. The van der Waals surface area contributed by atoms with Crippen LogP contribution < -0.4 is 0 Å². The van der Waals surface area contributed by atoms with Crippen molar-refractivity contribution in [2.24, 2.45) is 0 Å². The van der Waals surface area contributed by atoms with E-state index in [1.54, 1.807) is 0 Å². The largest absolute Gasteiger partial charge is 0.313 e. The van der Waals surface area contributed by atoms with Gasteiger partial charge in [0.1, 0.15) is 0 Å². The van der Waals surface area contributed by atoms with Crippen LogP contribution in [0.2, 0.25) is 5.02 Å². The van der Waals surface area contributed by atoms with Crippen molar-refractivity contribution in [2.75, 3.05) is 0 Å². The van der Waals surface area contributed by atoms with E-state index in [4.69, 9.17) is 11.6 Å². The van der Waals surface area contributed by atoms with Crippen molar-refractivity contribution in [3.63, 3.8) is 0 Å². The SMILES string of the molecule is Cc1c2ccccc2n2cc(Cc3ccc(Cl)cc3)ncc12. The van der Waals surface area contributed by atoms with Gasteiger partial charge < -0.3 is 4.40 Å². The normalized spacial score (nSPS) is 11.4. The summed E-state index contributed by atoms with van der Waals surface area (Å²) >= 11 is 5.94. The molecule has 0 fully saturated rings. The lowest BCUT2D eigenvalue weighted by Gasteiger charge is -2.04. The van der Waals surface area contributed by atoms with Crippen molar-refractivity contribution in [2.45, 2.75) is 13.3 Å². The molecule has 0 N–H and O–H groups in total. The number of aryl methyl sites for hydroxylation is 1. The van der Waals surface area contributed by atoms with Crippen LogP contribution in [0.4, 0.5) is 0 Å². The highest BCUT2D eigenvalue weighted by atomic mass is 35.5. The van der Waals surface area contributed by atoms with Crippen molar-refractivity contribution in [1.29, 1.82) is 0 Å². The summed E-state index contributed by atoms with van der Waals surface area (Å²) in [5, 5.41) is 2.05. The van der Waals surface area contributed by atoms with Crippen molar-refractivity contribution >= 4 is 28.0 Å². The zero-order chi connectivity index (χ0) is 15.1. The summed E-state index contributed by atoms with van der Waals surface area (Å²) in [4.78, 5) is 4.63. The number of benzene rings is 2. The van der Waals surface area contributed by atoms with Gasteiger partial charge in [-0.2, -0.15) is 0 Å². The third-order valence-corrected chi connectivity index (χ3v) is 4.39. The number of aromatic nitrogens is 2. The fourth-order valence-corrected chi connectivity index (χ4v) is 3.10. The van der Waals surface area contributed by atoms with E-state index in [0.717, 1.165) is 17.1 Å². The smallest absolute Gasteiger partial charge is 0.0675 e. The van der Waals surface area contributed by atoms with E-state index < -0.39 is 0 Å². The topological polar surface area (TPSA) is 17.3 Å². The minimum absolute atomic E-state index is 0.763. The van der Waals surface area contributed by atoms with Crippen LogP contribution in [0.25, 0.3) is 16.4 Å². The van der Waals surface area contributed by atoms with Gasteiger partial charge in [-0.15, -0.1) is 0 Å². The van der Waals surface area contributed by atoms with E-state index in [2.05, 4.69) is 46.8 Å². The summed E-state index contributed by atoms with van der Waals surface area (Å²) in [6.07, 6.45) is 4.92. The van der Waals surface area contributed by atoms with Gasteiger partial charge in [0.15, 0.2) is 0 Å². The number of nitrogens with zero attached hydrogens (tertiary/aromatic N) is 2. The van der Waals surface area contributed by atoms with E-state index >= 15 is 0 Å². The van der Waals surface area contributed by atoms with E-state index in [-0.39, 0.29) is 0 Å². The third-order valence-electron chi connectivity index (χ3n) is 4.14. The summed E-state index contributed by atoms with van der Waals surface area (Å²) in [7, 11) is 0. The van der Waals surface area contributed by atoms with Crippen molar-refractivity contribution in [3.8, 4) is 0 Å². The zero-order valence-electron chi connectivity index (χ0n) is 12.3. The van der Waals surface area contributed by atoms with Crippen molar-refractivity contribution in [3.05, 3.63) is 82.8 Å². The molecule has 0 bridgehead atoms. The highest BCUT2D eigenvalue weighted by Crippen LogP contribution is 2.25. The third kappa shape index (κ3) is 2.16. The van der Waals surface area contributed by atoms with E-state index in [0.29, 0.717) is 0 Å². The number of fused-ring (bicyclic) bond motifs is 3. The molecule has 0 aliphatic heterocycles. The quantitative estimate of drug-likeness (QED) is 0.507. The Morgan fingerprint density at radius 1 is 1.00 bits per heavy atom. The lowest BCUT2D eigenvalue weighted by Crippen LogP contribution is -1.96. The first-order valence-corrected chi connectivity index (χ1v) is 7.69. The summed E-state index contributed by atoms with van der Waals surface area (Å²) in [5.74, 6) is 0. The molecule has 2 aromatic carbocycles. The van der Waals surface area contributed by atoms with Gasteiger partial charge in [0.05, 0.1) is 22.9 Å². The Labute approximate surface area is 134 Å². The maximum absolute atomic E-state index is 5.94. The number of halogens is 1. The molecule has 22 heavy (non-hydrogen) atoms. The molecule has 0 amide bonds. The van der Waals surface area contributed by atoms with Crippen LogP contribution in [0, 0.1) is 6.92 Å². The van der Waals surface area contributed by atoms with E-state index in [1.807, 2.05) is 30.5 Å². The molecule has 2 aromatic heterocycles. The number of para-hydroxylation sites is 1. The molecule has 0 radical (unpaired) electrons. The molecule has 3 heteroatoms. The predicted octanol–water partition coefficient (Wildman–Crippen LogP) is 5.04. The van der Waals surface area contributed by atoms with Gasteiger partial charge in [0, 0.05) is 23.0 Å². The van der Waals surface area contributed by atoms with Gasteiger partial charge in [0.25, 0.3) is 0 Å². The second kappa shape index (κ2) is 5.15. The molecule has 0 spiro atoms. The van der Waals surface area contributed by atoms with Gasteiger partial charge in [-0.1, -0.05) is 41.9 Å². The minimum atomic E-state index is 0.763. The Morgan fingerprint density at radius 3 is 2.59 bits per heavy atom. The average Bonchev–Trinajstić information content (AvgIpc) is 2.83. The average molecular weight is 307 g/mol. The van der Waals surface area contributed by atoms with Crippen LogP contribution in [0.1, 0.15) is 16.8 Å². The van der Waals surface area contributed by atoms with Gasteiger partial charge in [0.2, 0.25) is 0 Å². The first-order valence-electron chi connectivity index (χ1n) is 7.31.